The third-order valence-electron chi connectivity index (χ3n) is 2.65. The normalized spacial score (nSPS) is 10.5. The number of hydrogen-bond acceptors (Lipinski definition) is 4. The maximum absolute atomic E-state index is 10.9. The first-order valence-corrected chi connectivity index (χ1v) is 7.39. The van der Waals surface area contributed by atoms with E-state index in [1.807, 2.05) is 12.1 Å². The summed E-state index contributed by atoms with van der Waals surface area (Å²) in [6.45, 7) is 2.32. The number of benzene rings is 1. The minimum absolute atomic E-state index is 0.121. The standard InChI is InChI=1S/C12H10BrClN2O2S/c1-7-10(3-2-4-11(7)16(17)18)15-6-8-5-9(13)12(14)19-8/h2-5,15H,6H2,1H3. The van der Waals surface area contributed by atoms with E-state index in [9.17, 15) is 10.1 Å². The molecule has 4 nitrogen and oxygen atoms in total. The van der Waals surface area contributed by atoms with E-state index >= 15 is 0 Å². The molecule has 1 aromatic heterocycles. The molecular formula is C12H10BrClN2O2S. The molecule has 0 aliphatic carbocycles. The van der Waals surface area contributed by atoms with Crippen LogP contribution < -0.4 is 5.32 Å². The minimum atomic E-state index is -0.376. The van der Waals surface area contributed by atoms with Gasteiger partial charge >= 0.3 is 0 Å². The van der Waals surface area contributed by atoms with Gasteiger partial charge in [-0.2, -0.15) is 0 Å². The molecule has 0 radical (unpaired) electrons. The van der Waals surface area contributed by atoms with Crippen molar-refractivity contribution in [1.82, 2.24) is 0 Å². The summed E-state index contributed by atoms with van der Waals surface area (Å²) in [5.74, 6) is 0. The molecule has 0 saturated carbocycles. The molecule has 2 rings (SSSR count). The average molecular weight is 362 g/mol. The van der Waals surface area contributed by atoms with E-state index in [0.717, 1.165) is 15.0 Å². The molecule has 0 unspecified atom stereocenters. The van der Waals surface area contributed by atoms with Crippen molar-refractivity contribution in [2.45, 2.75) is 13.5 Å². The fourth-order valence-electron chi connectivity index (χ4n) is 1.67. The van der Waals surface area contributed by atoms with E-state index in [1.54, 1.807) is 13.0 Å². The second-order valence-corrected chi connectivity index (χ2v) is 6.49. The maximum atomic E-state index is 10.9. The zero-order chi connectivity index (χ0) is 14.0. The molecule has 1 aromatic carbocycles. The van der Waals surface area contributed by atoms with Gasteiger partial charge in [-0.05, 0) is 35.0 Å². The van der Waals surface area contributed by atoms with E-state index < -0.39 is 0 Å². The molecule has 1 N–H and O–H groups in total. The van der Waals surface area contributed by atoms with Crippen molar-refractivity contribution < 1.29 is 4.92 Å². The topological polar surface area (TPSA) is 55.2 Å². The third kappa shape index (κ3) is 3.26. The van der Waals surface area contributed by atoms with Crippen LogP contribution in [0.3, 0.4) is 0 Å². The molecule has 1 heterocycles. The SMILES string of the molecule is Cc1c(NCc2cc(Br)c(Cl)s2)cccc1[N+](=O)[O-]. The molecule has 0 fully saturated rings. The van der Waals surface area contributed by atoms with Gasteiger partial charge in [0, 0.05) is 33.2 Å². The summed E-state index contributed by atoms with van der Waals surface area (Å²) < 4.78 is 1.57. The van der Waals surface area contributed by atoms with Crippen LogP contribution in [0.15, 0.2) is 28.7 Å². The van der Waals surface area contributed by atoms with Crippen LogP contribution in [-0.2, 0) is 6.54 Å². The predicted molar refractivity (Wildman–Crippen MR) is 82.2 cm³/mol. The van der Waals surface area contributed by atoms with Crippen LogP contribution in [-0.4, -0.2) is 4.92 Å². The quantitative estimate of drug-likeness (QED) is 0.616. The second-order valence-electron chi connectivity index (χ2n) is 3.89. The largest absolute Gasteiger partial charge is 0.380 e. The number of nitro benzene ring substituents is 1. The lowest BCUT2D eigenvalue weighted by molar-refractivity contribution is -0.385. The predicted octanol–water partition coefficient (Wildman–Crippen LogP) is 4.99. The second kappa shape index (κ2) is 5.90. The molecule has 0 saturated heterocycles. The average Bonchev–Trinajstić information content (AvgIpc) is 2.67. The summed E-state index contributed by atoms with van der Waals surface area (Å²) in [5, 5.41) is 14.0. The lowest BCUT2D eigenvalue weighted by atomic mass is 10.1. The van der Waals surface area contributed by atoms with Crippen molar-refractivity contribution >= 4 is 50.2 Å². The lowest BCUT2D eigenvalue weighted by Crippen LogP contribution is -2.01. The van der Waals surface area contributed by atoms with Crippen LogP contribution in [0, 0.1) is 17.0 Å². The molecule has 100 valence electrons. The number of nitrogens with zero attached hydrogens (tertiary/aromatic N) is 1. The molecule has 7 heteroatoms. The lowest BCUT2D eigenvalue weighted by Gasteiger charge is -2.08. The van der Waals surface area contributed by atoms with Gasteiger partial charge in [-0.1, -0.05) is 17.7 Å². The fraction of sp³-hybridized carbons (Fsp3) is 0.167. The van der Waals surface area contributed by atoms with Gasteiger partial charge in [0.05, 0.1) is 4.92 Å². The Morgan fingerprint density at radius 2 is 2.26 bits per heavy atom. The number of nitrogens with one attached hydrogen (secondary N) is 1. The highest BCUT2D eigenvalue weighted by molar-refractivity contribution is 9.10. The van der Waals surface area contributed by atoms with Crippen LogP contribution in [0.4, 0.5) is 11.4 Å². The Hall–Kier alpha value is -1.11. The van der Waals surface area contributed by atoms with Crippen LogP contribution in [0.25, 0.3) is 0 Å². The monoisotopic (exact) mass is 360 g/mol. The van der Waals surface area contributed by atoms with Crippen molar-refractivity contribution in [2.75, 3.05) is 5.32 Å². The van der Waals surface area contributed by atoms with Crippen molar-refractivity contribution in [2.24, 2.45) is 0 Å². The van der Waals surface area contributed by atoms with Gasteiger partial charge in [0.2, 0.25) is 0 Å². The number of nitro groups is 1. The number of halogens is 2. The molecule has 0 amide bonds. The molecule has 2 aromatic rings. The highest BCUT2D eigenvalue weighted by atomic mass is 79.9. The smallest absolute Gasteiger partial charge is 0.274 e. The maximum Gasteiger partial charge on any atom is 0.274 e. The number of hydrogen-bond donors (Lipinski definition) is 1. The van der Waals surface area contributed by atoms with Crippen LogP contribution in [0.2, 0.25) is 4.34 Å². The van der Waals surface area contributed by atoms with Crippen LogP contribution in [0.1, 0.15) is 10.4 Å². The van der Waals surface area contributed by atoms with Crippen molar-refractivity contribution in [1.29, 1.82) is 0 Å². The third-order valence-corrected chi connectivity index (χ3v) is 5.13. The Bertz CT molecular complexity index is 611. The first-order chi connectivity index (χ1) is 8.99. The summed E-state index contributed by atoms with van der Waals surface area (Å²) in [7, 11) is 0. The van der Waals surface area contributed by atoms with Gasteiger partial charge in [0.15, 0.2) is 0 Å². The van der Waals surface area contributed by atoms with Crippen LogP contribution >= 0.6 is 38.9 Å². The molecule has 0 atom stereocenters. The first kappa shape index (κ1) is 14.3. The Morgan fingerprint density at radius 1 is 1.53 bits per heavy atom. The van der Waals surface area contributed by atoms with Gasteiger partial charge in [0.1, 0.15) is 4.34 Å². The highest BCUT2D eigenvalue weighted by Gasteiger charge is 2.13. The summed E-state index contributed by atoms with van der Waals surface area (Å²) in [4.78, 5) is 11.5. The molecule has 0 aliphatic heterocycles. The van der Waals surface area contributed by atoms with Crippen molar-refractivity contribution in [3.8, 4) is 0 Å². The van der Waals surface area contributed by atoms with Gasteiger partial charge in [-0.15, -0.1) is 11.3 Å². The minimum Gasteiger partial charge on any atom is -0.380 e. The first-order valence-electron chi connectivity index (χ1n) is 5.40. The molecule has 0 aliphatic rings. The number of thiophene rings is 1. The Morgan fingerprint density at radius 3 is 2.84 bits per heavy atom. The number of anilines is 1. The van der Waals surface area contributed by atoms with Crippen molar-refractivity contribution in [3.05, 3.63) is 53.6 Å². The molecule has 19 heavy (non-hydrogen) atoms. The summed E-state index contributed by atoms with van der Waals surface area (Å²) >= 11 is 10.8. The van der Waals surface area contributed by atoms with E-state index in [-0.39, 0.29) is 10.6 Å². The van der Waals surface area contributed by atoms with Gasteiger partial charge < -0.3 is 5.32 Å². The van der Waals surface area contributed by atoms with E-state index in [0.29, 0.717) is 16.4 Å². The Labute approximate surface area is 127 Å². The zero-order valence-electron chi connectivity index (χ0n) is 9.94. The fourth-order valence-corrected chi connectivity index (χ4v) is 3.40. The Balaban J connectivity index is 2.16. The summed E-state index contributed by atoms with van der Waals surface area (Å²) in [6, 6.07) is 6.93. The molecule has 0 bridgehead atoms. The number of rotatable bonds is 4. The van der Waals surface area contributed by atoms with E-state index in [1.165, 1.54) is 17.4 Å². The highest BCUT2D eigenvalue weighted by Crippen LogP contribution is 2.33. The van der Waals surface area contributed by atoms with Gasteiger partial charge in [-0.3, -0.25) is 10.1 Å². The molecular weight excluding hydrogens is 352 g/mol. The zero-order valence-corrected chi connectivity index (χ0v) is 13.1. The molecule has 0 spiro atoms. The van der Waals surface area contributed by atoms with Gasteiger partial charge in [-0.25, -0.2) is 0 Å². The van der Waals surface area contributed by atoms with E-state index in [2.05, 4.69) is 21.2 Å². The van der Waals surface area contributed by atoms with Crippen LogP contribution in [0.5, 0.6) is 0 Å². The summed E-state index contributed by atoms with van der Waals surface area (Å²) in [6.07, 6.45) is 0. The summed E-state index contributed by atoms with van der Waals surface area (Å²) in [5.41, 5.74) is 1.51. The van der Waals surface area contributed by atoms with E-state index in [4.69, 9.17) is 11.6 Å². The van der Waals surface area contributed by atoms with Gasteiger partial charge in [0.25, 0.3) is 5.69 Å². The Kier molecular flexibility index (Phi) is 4.44. The van der Waals surface area contributed by atoms with Crippen molar-refractivity contribution in [3.63, 3.8) is 0 Å².